The summed E-state index contributed by atoms with van der Waals surface area (Å²) in [5, 5.41) is 11.6. The quantitative estimate of drug-likeness (QED) is 0.746. The highest BCUT2D eigenvalue weighted by Crippen LogP contribution is 2.13. The van der Waals surface area contributed by atoms with E-state index in [0.717, 1.165) is 11.1 Å². The number of carbonyl (C=O) groups is 2. The number of alkyl carbamates (subject to hydrolysis) is 1. The van der Waals surface area contributed by atoms with Crippen LogP contribution in [0, 0.1) is 0 Å². The largest absolute Gasteiger partial charge is 0.481 e. The third-order valence-corrected chi connectivity index (χ3v) is 2.95. The molecule has 0 aliphatic rings. The van der Waals surface area contributed by atoms with Gasteiger partial charge in [-0.3, -0.25) is 4.79 Å². The lowest BCUT2D eigenvalue weighted by Gasteiger charge is -2.23. The van der Waals surface area contributed by atoms with Crippen LogP contribution in [0.2, 0.25) is 0 Å². The van der Waals surface area contributed by atoms with E-state index < -0.39 is 23.7 Å². The van der Waals surface area contributed by atoms with E-state index in [0.29, 0.717) is 13.0 Å². The molecule has 0 aliphatic heterocycles. The molecule has 1 aromatic carbocycles. The number of benzene rings is 1. The van der Waals surface area contributed by atoms with Crippen molar-refractivity contribution < 1.29 is 19.4 Å². The predicted octanol–water partition coefficient (Wildman–Crippen LogP) is 2.06. The third kappa shape index (κ3) is 6.58. The maximum atomic E-state index is 11.8. The first-order valence-corrected chi connectivity index (χ1v) is 7.19. The van der Waals surface area contributed by atoms with Crippen molar-refractivity contribution in [1.29, 1.82) is 0 Å². The summed E-state index contributed by atoms with van der Waals surface area (Å²) in [5.74, 6) is -0.980. The summed E-state index contributed by atoms with van der Waals surface area (Å²) in [6.45, 7) is 5.62. The molecule has 0 radical (unpaired) electrons. The van der Waals surface area contributed by atoms with Gasteiger partial charge in [-0.2, -0.15) is 0 Å². The second-order valence-electron chi connectivity index (χ2n) is 6.12. The zero-order valence-electron chi connectivity index (χ0n) is 13.3. The minimum atomic E-state index is -0.980. The summed E-state index contributed by atoms with van der Waals surface area (Å²) >= 11 is 0. The predicted molar refractivity (Wildman–Crippen MR) is 83.4 cm³/mol. The Balaban J connectivity index is 2.80. The van der Waals surface area contributed by atoms with E-state index in [1.54, 1.807) is 20.8 Å². The Morgan fingerprint density at radius 1 is 1.27 bits per heavy atom. The number of rotatable bonds is 6. The number of nitrogens with two attached hydrogens (primary N) is 1. The van der Waals surface area contributed by atoms with Gasteiger partial charge in [0, 0.05) is 12.6 Å². The van der Waals surface area contributed by atoms with Crippen LogP contribution in [0.15, 0.2) is 24.3 Å². The molecule has 0 fully saturated rings. The summed E-state index contributed by atoms with van der Waals surface area (Å²) in [6, 6.07) is 6.95. The summed E-state index contributed by atoms with van der Waals surface area (Å²) in [7, 11) is 0. The first-order chi connectivity index (χ1) is 10.2. The fraction of sp³-hybridized carbons (Fsp3) is 0.500. The Bertz CT molecular complexity index is 523. The van der Waals surface area contributed by atoms with E-state index in [2.05, 4.69) is 5.32 Å². The second kappa shape index (κ2) is 7.79. The van der Waals surface area contributed by atoms with Crippen molar-refractivity contribution in [2.45, 2.75) is 51.8 Å². The molecule has 0 saturated carbocycles. The van der Waals surface area contributed by atoms with Gasteiger partial charge in [0.15, 0.2) is 0 Å². The lowest BCUT2D eigenvalue weighted by atomic mass is 9.98. The number of amides is 1. The normalized spacial score (nSPS) is 12.5. The highest BCUT2D eigenvalue weighted by Gasteiger charge is 2.22. The molecule has 6 nitrogen and oxygen atoms in total. The molecule has 0 saturated heterocycles. The van der Waals surface area contributed by atoms with E-state index in [1.807, 2.05) is 24.3 Å². The van der Waals surface area contributed by atoms with Crippen molar-refractivity contribution in [2.75, 3.05) is 0 Å². The lowest BCUT2D eigenvalue weighted by molar-refractivity contribution is -0.137. The molecule has 1 amide bonds. The van der Waals surface area contributed by atoms with Crippen molar-refractivity contribution in [3.63, 3.8) is 0 Å². The fourth-order valence-electron chi connectivity index (χ4n) is 2.08. The van der Waals surface area contributed by atoms with Crippen molar-refractivity contribution >= 4 is 12.1 Å². The molecule has 22 heavy (non-hydrogen) atoms. The molecular formula is C16H24N2O4. The average molecular weight is 308 g/mol. The van der Waals surface area contributed by atoms with Crippen LogP contribution in [-0.4, -0.2) is 28.8 Å². The van der Waals surface area contributed by atoms with Gasteiger partial charge >= 0.3 is 12.1 Å². The number of nitrogens with one attached hydrogen (secondary N) is 1. The first-order valence-electron chi connectivity index (χ1n) is 7.19. The maximum absolute atomic E-state index is 11.8. The molecule has 0 unspecified atom stereocenters. The highest BCUT2D eigenvalue weighted by molar-refractivity contribution is 5.71. The number of carboxylic acid groups (broad SMARTS) is 1. The van der Waals surface area contributed by atoms with Crippen LogP contribution in [0.3, 0.4) is 0 Å². The van der Waals surface area contributed by atoms with Gasteiger partial charge < -0.3 is 20.9 Å². The third-order valence-electron chi connectivity index (χ3n) is 2.95. The Morgan fingerprint density at radius 2 is 1.86 bits per heavy atom. The van der Waals surface area contributed by atoms with Gasteiger partial charge in [-0.05, 0) is 38.3 Å². The van der Waals surface area contributed by atoms with Crippen LogP contribution < -0.4 is 11.1 Å². The van der Waals surface area contributed by atoms with Crippen LogP contribution in [0.4, 0.5) is 4.79 Å². The number of carboxylic acids is 1. The van der Waals surface area contributed by atoms with Crippen molar-refractivity contribution in [3.8, 4) is 0 Å². The molecule has 6 heteroatoms. The number of ether oxygens (including phenoxy) is 1. The van der Waals surface area contributed by atoms with Gasteiger partial charge in [0.25, 0.3) is 0 Å². The zero-order chi connectivity index (χ0) is 16.8. The molecular weight excluding hydrogens is 284 g/mol. The summed E-state index contributed by atoms with van der Waals surface area (Å²) in [5.41, 5.74) is 6.91. The van der Waals surface area contributed by atoms with E-state index in [4.69, 9.17) is 15.6 Å². The highest BCUT2D eigenvalue weighted by atomic mass is 16.6. The topological polar surface area (TPSA) is 102 Å². The van der Waals surface area contributed by atoms with E-state index in [9.17, 15) is 9.59 Å². The Hall–Kier alpha value is -2.08. The number of aliphatic carboxylic acids is 1. The van der Waals surface area contributed by atoms with Crippen molar-refractivity contribution in [1.82, 2.24) is 5.32 Å². The zero-order valence-corrected chi connectivity index (χ0v) is 13.3. The molecule has 122 valence electrons. The van der Waals surface area contributed by atoms with Gasteiger partial charge in [-0.1, -0.05) is 24.3 Å². The van der Waals surface area contributed by atoms with Crippen molar-refractivity contribution in [3.05, 3.63) is 35.4 Å². The molecule has 0 aliphatic carbocycles. The minimum Gasteiger partial charge on any atom is -0.481 e. The van der Waals surface area contributed by atoms with Crippen molar-refractivity contribution in [2.24, 2.45) is 5.73 Å². The van der Waals surface area contributed by atoms with E-state index in [-0.39, 0.29) is 6.42 Å². The van der Waals surface area contributed by atoms with Gasteiger partial charge in [0.1, 0.15) is 5.60 Å². The molecule has 0 spiro atoms. The number of carbonyl (C=O) groups excluding carboxylic acids is 1. The molecule has 1 aromatic rings. The molecule has 0 heterocycles. The number of hydrogen-bond donors (Lipinski definition) is 3. The first kappa shape index (κ1) is 18.0. The molecule has 1 atom stereocenters. The molecule has 1 rings (SSSR count). The summed E-state index contributed by atoms with van der Waals surface area (Å²) in [6.07, 6.45) is -0.416. The van der Waals surface area contributed by atoms with E-state index >= 15 is 0 Å². The van der Waals surface area contributed by atoms with Crippen LogP contribution in [0.1, 0.15) is 38.3 Å². The molecule has 0 aromatic heterocycles. The van der Waals surface area contributed by atoms with Crippen LogP contribution in [0.5, 0.6) is 0 Å². The average Bonchev–Trinajstić information content (AvgIpc) is 2.36. The van der Waals surface area contributed by atoms with Crippen LogP contribution >= 0.6 is 0 Å². The second-order valence-corrected chi connectivity index (χ2v) is 6.12. The monoisotopic (exact) mass is 308 g/mol. The van der Waals surface area contributed by atoms with Crippen LogP contribution in [-0.2, 0) is 22.5 Å². The molecule has 0 bridgehead atoms. The number of hydrogen-bond acceptors (Lipinski definition) is 4. The fourth-order valence-corrected chi connectivity index (χ4v) is 2.08. The van der Waals surface area contributed by atoms with Crippen LogP contribution in [0.25, 0.3) is 0 Å². The lowest BCUT2D eigenvalue weighted by Crippen LogP contribution is -2.41. The van der Waals surface area contributed by atoms with Gasteiger partial charge in [-0.25, -0.2) is 4.79 Å². The maximum Gasteiger partial charge on any atom is 0.407 e. The van der Waals surface area contributed by atoms with Gasteiger partial charge in [0.05, 0.1) is 6.42 Å². The Kier molecular flexibility index (Phi) is 6.37. The molecule has 4 N–H and O–H groups in total. The summed E-state index contributed by atoms with van der Waals surface area (Å²) < 4.78 is 5.18. The standard InChI is InChI=1S/C16H24N2O4/c1-16(2,3)22-15(21)18-13(9-14(19)20)8-11-6-4-5-7-12(11)10-17/h4-7,13H,8-10,17H2,1-3H3,(H,18,21)(H,19,20)/t13-/m0/s1. The smallest absolute Gasteiger partial charge is 0.407 e. The van der Waals surface area contributed by atoms with E-state index in [1.165, 1.54) is 0 Å². The SMILES string of the molecule is CC(C)(C)OC(=O)N[C@H](CC(=O)O)Cc1ccccc1CN. The Labute approximate surface area is 130 Å². The minimum absolute atomic E-state index is 0.182. The van der Waals surface area contributed by atoms with Gasteiger partial charge in [0.2, 0.25) is 0 Å². The Morgan fingerprint density at radius 3 is 2.36 bits per heavy atom. The van der Waals surface area contributed by atoms with Gasteiger partial charge in [-0.15, -0.1) is 0 Å². The summed E-state index contributed by atoms with van der Waals surface area (Å²) in [4.78, 5) is 22.8.